The second-order valence-electron chi connectivity index (χ2n) is 6.12. The molecule has 7 heteroatoms. The van der Waals surface area contributed by atoms with E-state index in [1.807, 2.05) is 37.3 Å². The number of rotatable bonds is 7. The summed E-state index contributed by atoms with van der Waals surface area (Å²) in [5.41, 5.74) is 2.77. The van der Waals surface area contributed by atoms with E-state index in [2.05, 4.69) is 15.4 Å². The van der Waals surface area contributed by atoms with Crippen LogP contribution >= 0.6 is 0 Å². The molecule has 148 valence electrons. The molecule has 29 heavy (non-hydrogen) atoms. The average molecular weight is 390 g/mol. The molecule has 0 atom stereocenters. The molecule has 0 bridgehead atoms. The number of pyridine rings is 1. The number of anilines is 1. The van der Waals surface area contributed by atoms with Crippen LogP contribution in [-0.2, 0) is 16.0 Å². The third kappa shape index (κ3) is 4.95. The van der Waals surface area contributed by atoms with Crippen molar-refractivity contribution in [2.45, 2.75) is 20.3 Å². The zero-order valence-electron chi connectivity index (χ0n) is 16.3. The zero-order chi connectivity index (χ0) is 20.6. The number of nitrogens with zero attached hydrogens (tertiary/aromatic N) is 3. The fourth-order valence-corrected chi connectivity index (χ4v) is 2.81. The van der Waals surface area contributed by atoms with E-state index in [1.54, 1.807) is 42.2 Å². The van der Waals surface area contributed by atoms with Crippen molar-refractivity contribution >= 4 is 23.6 Å². The van der Waals surface area contributed by atoms with E-state index in [9.17, 15) is 9.59 Å². The quantitative estimate of drug-likeness (QED) is 0.491. The number of carbonyl (C=O) groups excluding carboxylic acids is 2. The zero-order valence-corrected chi connectivity index (χ0v) is 16.3. The summed E-state index contributed by atoms with van der Waals surface area (Å²) in [6, 6.07) is 12.7. The van der Waals surface area contributed by atoms with Gasteiger partial charge in [-0.1, -0.05) is 25.1 Å². The summed E-state index contributed by atoms with van der Waals surface area (Å²) in [6.07, 6.45) is 6.91. The predicted molar refractivity (Wildman–Crippen MR) is 111 cm³/mol. The van der Waals surface area contributed by atoms with Crippen LogP contribution in [0.25, 0.3) is 11.9 Å². The standard InChI is InChI=1S/C22H22N4O3/c1-3-19-18(15-24-26(19)20-7-5-6-14-23-20)22(28)25-17-11-8-16(9-12-17)10-13-21(27)29-4-2/h5-15H,3-4H2,1-2H3,(H,25,28). The SMILES string of the molecule is CCOC(=O)C=Cc1ccc(NC(=O)c2cnn(-c3ccccn3)c2CC)cc1. The molecule has 0 radical (unpaired) electrons. The van der Waals surface area contributed by atoms with E-state index in [1.165, 1.54) is 6.08 Å². The number of hydrogen-bond donors (Lipinski definition) is 1. The highest BCUT2D eigenvalue weighted by Gasteiger charge is 2.17. The molecular weight excluding hydrogens is 368 g/mol. The van der Waals surface area contributed by atoms with Crippen molar-refractivity contribution < 1.29 is 14.3 Å². The van der Waals surface area contributed by atoms with Gasteiger partial charge < -0.3 is 10.1 Å². The Morgan fingerprint density at radius 3 is 2.59 bits per heavy atom. The molecule has 2 heterocycles. The first kappa shape index (κ1) is 20.0. The summed E-state index contributed by atoms with van der Waals surface area (Å²) in [6.45, 7) is 4.07. The lowest BCUT2D eigenvalue weighted by atomic mass is 10.1. The van der Waals surface area contributed by atoms with Gasteiger partial charge in [0, 0.05) is 18.0 Å². The molecule has 2 aromatic heterocycles. The first-order chi connectivity index (χ1) is 14.1. The van der Waals surface area contributed by atoms with Gasteiger partial charge in [-0.25, -0.2) is 14.5 Å². The van der Waals surface area contributed by atoms with Crippen LogP contribution in [0.1, 0.15) is 35.5 Å². The normalized spacial score (nSPS) is 10.8. The highest BCUT2D eigenvalue weighted by Crippen LogP contribution is 2.17. The van der Waals surface area contributed by atoms with Gasteiger partial charge in [0.05, 0.1) is 24.1 Å². The van der Waals surface area contributed by atoms with Gasteiger partial charge in [-0.3, -0.25) is 4.79 Å². The maximum absolute atomic E-state index is 12.8. The number of esters is 1. The number of aromatic nitrogens is 3. The molecule has 3 rings (SSSR count). The summed E-state index contributed by atoms with van der Waals surface area (Å²) in [4.78, 5) is 28.4. The topological polar surface area (TPSA) is 86.1 Å². The molecular formula is C22H22N4O3. The van der Waals surface area contributed by atoms with E-state index in [4.69, 9.17) is 4.74 Å². The van der Waals surface area contributed by atoms with Gasteiger partial charge in [-0.05, 0) is 49.2 Å². The Morgan fingerprint density at radius 2 is 1.93 bits per heavy atom. The molecule has 0 aliphatic rings. The van der Waals surface area contributed by atoms with Gasteiger partial charge in [0.1, 0.15) is 0 Å². The van der Waals surface area contributed by atoms with Crippen LogP contribution in [-0.4, -0.2) is 33.2 Å². The molecule has 1 aromatic carbocycles. The van der Waals surface area contributed by atoms with E-state index >= 15 is 0 Å². The molecule has 3 aromatic rings. The Bertz CT molecular complexity index is 1010. The Kier molecular flexibility index (Phi) is 6.52. The third-order valence-electron chi connectivity index (χ3n) is 4.18. The second kappa shape index (κ2) is 9.45. The van der Waals surface area contributed by atoms with Crippen LogP contribution in [0.3, 0.4) is 0 Å². The third-order valence-corrected chi connectivity index (χ3v) is 4.18. The van der Waals surface area contributed by atoms with Crippen LogP contribution in [0, 0.1) is 0 Å². The van der Waals surface area contributed by atoms with Crippen molar-refractivity contribution in [1.82, 2.24) is 14.8 Å². The molecule has 0 fully saturated rings. The minimum absolute atomic E-state index is 0.237. The molecule has 1 N–H and O–H groups in total. The Morgan fingerprint density at radius 1 is 1.14 bits per heavy atom. The minimum Gasteiger partial charge on any atom is -0.463 e. The first-order valence-corrected chi connectivity index (χ1v) is 9.37. The molecule has 7 nitrogen and oxygen atoms in total. The van der Waals surface area contributed by atoms with Crippen LogP contribution in [0.5, 0.6) is 0 Å². The molecule has 0 unspecified atom stereocenters. The highest BCUT2D eigenvalue weighted by atomic mass is 16.5. The van der Waals surface area contributed by atoms with Gasteiger partial charge in [0.15, 0.2) is 5.82 Å². The molecule has 0 aliphatic heterocycles. The molecule has 0 spiro atoms. The fourth-order valence-electron chi connectivity index (χ4n) is 2.81. The summed E-state index contributed by atoms with van der Waals surface area (Å²) >= 11 is 0. The van der Waals surface area contributed by atoms with Crippen molar-refractivity contribution in [3.05, 3.63) is 77.8 Å². The van der Waals surface area contributed by atoms with E-state index in [-0.39, 0.29) is 11.9 Å². The Hall–Kier alpha value is -3.74. The van der Waals surface area contributed by atoms with Crippen molar-refractivity contribution in [1.29, 1.82) is 0 Å². The number of carbonyl (C=O) groups is 2. The lowest BCUT2D eigenvalue weighted by Gasteiger charge is -2.08. The van der Waals surface area contributed by atoms with E-state index in [0.717, 1.165) is 11.3 Å². The number of nitrogens with one attached hydrogen (secondary N) is 1. The maximum atomic E-state index is 12.8. The molecule has 1 amide bonds. The minimum atomic E-state index is -0.387. The molecule has 0 saturated heterocycles. The Balaban J connectivity index is 1.72. The van der Waals surface area contributed by atoms with E-state index < -0.39 is 0 Å². The van der Waals surface area contributed by atoms with Gasteiger partial charge >= 0.3 is 5.97 Å². The monoisotopic (exact) mass is 390 g/mol. The lowest BCUT2D eigenvalue weighted by molar-refractivity contribution is -0.137. The van der Waals surface area contributed by atoms with Crippen LogP contribution in [0.4, 0.5) is 5.69 Å². The van der Waals surface area contributed by atoms with Crippen molar-refractivity contribution in [3.63, 3.8) is 0 Å². The van der Waals surface area contributed by atoms with Crippen molar-refractivity contribution in [2.24, 2.45) is 0 Å². The largest absolute Gasteiger partial charge is 0.463 e. The number of amides is 1. The fraction of sp³-hybridized carbons (Fsp3) is 0.182. The van der Waals surface area contributed by atoms with E-state index in [0.29, 0.717) is 30.1 Å². The number of hydrogen-bond acceptors (Lipinski definition) is 5. The summed E-state index contributed by atoms with van der Waals surface area (Å²) in [5.74, 6) is 0.0434. The molecule has 0 saturated carbocycles. The highest BCUT2D eigenvalue weighted by molar-refractivity contribution is 6.05. The number of ether oxygens (including phenoxy) is 1. The predicted octanol–water partition coefficient (Wildman–Crippen LogP) is 3.66. The number of benzene rings is 1. The summed E-state index contributed by atoms with van der Waals surface area (Å²) < 4.78 is 6.53. The summed E-state index contributed by atoms with van der Waals surface area (Å²) in [5, 5.41) is 7.21. The average Bonchev–Trinajstić information content (AvgIpc) is 3.18. The van der Waals surface area contributed by atoms with Gasteiger partial charge in [-0.15, -0.1) is 0 Å². The molecule has 0 aliphatic carbocycles. The summed E-state index contributed by atoms with van der Waals surface area (Å²) in [7, 11) is 0. The lowest BCUT2D eigenvalue weighted by Crippen LogP contribution is -2.14. The van der Waals surface area contributed by atoms with Crippen molar-refractivity contribution in [2.75, 3.05) is 11.9 Å². The Labute approximate surface area is 169 Å². The smallest absolute Gasteiger partial charge is 0.330 e. The van der Waals surface area contributed by atoms with Crippen LogP contribution in [0.15, 0.2) is 60.9 Å². The van der Waals surface area contributed by atoms with Crippen LogP contribution < -0.4 is 5.32 Å². The van der Waals surface area contributed by atoms with Crippen molar-refractivity contribution in [3.8, 4) is 5.82 Å². The van der Waals surface area contributed by atoms with Gasteiger partial charge in [-0.2, -0.15) is 5.10 Å². The first-order valence-electron chi connectivity index (χ1n) is 9.37. The second-order valence-corrected chi connectivity index (χ2v) is 6.12. The van der Waals surface area contributed by atoms with Crippen LogP contribution in [0.2, 0.25) is 0 Å². The van der Waals surface area contributed by atoms with Gasteiger partial charge in [0.2, 0.25) is 0 Å². The maximum Gasteiger partial charge on any atom is 0.330 e. The van der Waals surface area contributed by atoms with Gasteiger partial charge in [0.25, 0.3) is 5.91 Å².